The van der Waals surface area contributed by atoms with E-state index in [0.29, 0.717) is 14.8 Å². The number of thiocarbonyl (C=S) groups is 1. The molecule has 0 aliphatic carbocycles. The highest BCUT2D eigenvalue weighted by Crippen LogP contribution is 2.30. The largest absolute Gasteiger partial charge is 0.280 e. The van der Waals surface area contributed by atoms with Crippen LogP contribution in [0.3, 0.4) is 0 Å². The van der Waals surface area contributed by atoms with E-state index in [0.717, 1.165) is 16.8 Å². The van der Waals surface area contributed by atoms with Crippen LogP contribution in [-0.4, -0.2) is 15.2 Å². The number of rotatable bonds is 1. The maximum Gasteiger partial charge on any atom is 0.280 e. The predicted molar refractivity (Wildman–Crippen MR) is 65.6 cm³/mol. The Morgan fingerprint density at radius 1 is 1.50 bits per heavy atom. The number of amides is 1. The van der Waals surface area contributed by atoms with Crippen molar-refractivity contribution in [3.05, 3.63) is 40.6 Å². The van der Waals surface area contributed by atoms with Gasteiger partial charge in [0.05, 0.1) is 4.91 Å². The van der Waals surface area contributed by atoms with Gasteiger partial charge in [0.2, 0.25) is 0 Å². The van der Waals surface area contributed by atoms with E-state index in [2.05, 4.69) is 0 Å². The molecule has 82 valence electrons. The standard InChI is InChI=1S/C10H7FN2OS2/c11-7-3-1-2-6(4-7)5-8-9(14)13(12)10(15)16-8/h1-5H,12H2/b8-5-. The van der Waals surface area contributed by atoms with Gasteiger partial charge in [-0.3, -0.25) is 4.79 Å². The third-order valence-corrected chi connectivity index (χ3v) is 3.30. The molecule has 1 heterocycles. The number of hydrogen-bond acceptors (Lipinski definition) is 4. The Bertz CT molecular complexity index is 501. The molecule has 0 saturated carbocycles. The van der Waals surface area contributed by atoms with Gasteiger partial charge in [-0.05, 0) is 23.8 Å². The molecule has 3 nitrogen and oxygen atoms in total. The lowest BCUT2D eigenvalue weighted by atomic mass is 10.2. The molecule has 0 aromatic heterocycles. The van der Waals surface area contributed by atoms with E-state index in [4.69, 9.17) is 18.1 Å². The van der Waals surface area contributed by atoms with Gasteiger partial charge in [0.1, 0.15) is 5.82 Å². The maximum absolute atomic E-state index is 12.9. The van der Waals surface area contributed by atoms with Gasteiger partial charge >= 0.3 is 0 Å². The molecule has 1 aromatic rings. The summed E-state index contributed by atoms with van der Waals surface area (Å²) >= 11 is 5.97. The van der Waals surface area contributed by atoms with Gasteiger partial charge in [0, 0.05) is 0 Å². The molecule has 0 spiro atoms. The van der Waals surface area contributed by atoms with E-state index in [1.54, 1.807) is 18.2 Å². The zero-order valence-electron chi connectivity index (χ0n) is 8.01. The van der Waals surface area contributed by atoms with Crippen LogP contribution in [-0.2, 0) is 4.79 Å². The van der Waals surface area contributed by atoms with Crippen molar-refractivity contribution in [3.63, 3.8) is 0 Å². The monoisotopic (exact) mass is 254 g/mol. The summed E-state index contributed by atoms with van der Waals surface area (Å²) in [7, 11) is 0. The van der Waals surface area contributed by atoms with Crippen molar-refractivity contribution >= 4 is 40.3 Å². The van der Waals surface area contributed by atoms with Crippen molar-refractivity contribution < 1.29 is 9.18 Å². The maximum atomic E-state index is 12.9. The Labute approximate surface area is 101 Å². The molecule has 0 bridgehead atoms. The number of benzene rings is 1. The molecule has 1 amide bonds. The summed E-state index contributed by atoms with van der Waals surface area (Å²) in [5.74, 6) is 4.69. The molecule has 1 aliphatic rings. The fraction of sp³-hybridized carbons (Fsp3) is 0. The summed E-state index contributed by atoms with van der Waals surface area (Å²) in [6.45, 7) is 0. The fourth-order valence-corrected chi connectivity index (χ4v) is 2.33. The number of thioether (sulfide) groups is 1. The Hall–Kier alpha value is -1.24. The lowest BCUT2D eigenvalue weighted by Gasteiger charge is -2.02. The van der Waals surface area contributed by atoms with Crippen molar-refractivity contribution in [2.75, 3.05) is 0 Å². The van der Waals surface area contributed by atoms with Gasteiger partial charge in [-0.1, -0.05) is 36.1 Å². The second-order valence-corrected chi connectivity index (χ2v) is 4.78. The average molecular weight is 254 g/mol. The predicted octanol–water partition coefficient (Wildman–Crippen LogP) is 1.90. The molecule has 1 saturated heterocycles. The van der Waals surface area contributed by atoms with Gasteiger partial charge in [-0.15, -0.1) is 0 Å². The molecule has 0 radical (unpaired) electrons. The van der Waals surface area contributed by atoms with Crippen molar-refractivity contribution in [3.8, 4) is 0 Å². The Morgan fingerprint density at radius 2 is 2.25 bits per heavy atom. The Kier molecular flexibility index (Phi) is 3.04. The molecule has 1 fully saturated rings. The summed E-state index contributed by atoms with van der Waals surface area (Å²) in [4.78, 5) is 11.9. The highest BCUT2D eigenvalue weighted by atomic mass is 32.2. The average Bonchev–Trinajstić information content (AvgIpc) is 2.47. The topological polar surface area (TPSA) is 46.3 Å². The third kappa shape index (κ3) is 2.13. The van der Waals surface area contributed by atoms with Crippen molar-refractivity contribution in [2.24, 2.45) is 5.84 Å². The second kappa shape index (κ2) is 4.32. The SMILES string of the molecule is NN1C(=O)/C(=C/c2cccc(F)c2)SC1=S. The number of hydrazine groups is 1. The van der Waals surface area contributed by atoms with Gasteiger partial charge in [-0.2, -0.15) is 0 Å². The number of halogens is 1. The number of nitrogens with two attached hydrogens (primary N) is 1. The van der Waals surface area contributed by atoms with Gasteiger partial charge < -0.3 is 0 Å². The van der Waals surface area contributed by atoms with Crippen LogP contribution in [0.15, 0.2) is 29.2 Å². The van der Waals surface area contributed by atoms with Gasteiger partial charge in [0.15, 0.2) is 4.32 Å². The molecule has 1 aromatic carbocycles. The van der Waals surface area contributed by atoms with Crippen LogP contribution in [0, 0.1) is 5.82 Å². The highest BCUT2D eigenvalue weighted by Gasteiger charge is 2.29. The van der Waals surface area contributed by atoms with Crippen LogP contribution in [0.4, 0.5) is 4.39 Å². The normalized spacial score (nSPS) is 18.6. The smallest absolute Gasteiger partial charge is 0.267 e. The van der Waals surface area contributed by atoms with E-state index < -0.39 is 0 Å². The molecule has 2 rings (SSSR count). The van der Waals surface area contributed by atoms with Crippen molar-refractivity contribution in [2.45, 2.75) is 0 Å². The lowest BCUT2D eigenvalue weighted by Crippen LogP contribution is -2.34. The second-order valence-electron chi connectivity index (χ2n) is 3.11. The molecule has 0 atom stereocenters. The number of carbonyl (C=O) groups is 1. The van der Waals surface area contributed by atoms with Crippen LogP contribution < -0.4 is 5.84 Å². The minimum atomic E-state index is -0.362. The number of hydrogen-bond donors (Lipinski definition) is 1. The minimum Gasteiger partial charge on any atom is -0.267 e. The third-order valence-electron chi connectivity index (χ3n) is 1.97. The van der Waals surface area contributed by atoms with Crippen LogP contribution in [0.2, 0.25) is 0 Å². The zero-order chi connectivity index (χ0) is 11.7. The molecular formula is C10H7FN2OS2. The number of carbonyl (C=O) groups excluding carboxylic acids is 1. The molecule has 1 aliphatic heterocycles. The summed E-state index contributed by atoms with van der Waals surface area (Å²) in [5.41, 5.74) is 0.606. The van der Waals surface area contributed by atoms with Crippen LogP contribution in [0.1, 0.15) is 5.56 Å². The first kappa shape index (κ1) is 11.3. The molecular weight excluding hydrogens is 247 g/mol. The Morgan fingerprint density at radius 3 is 2.81 bits per heavy atom. The van der Waals surface area contributed by atoms with Crippen LogP contribution in [0.25, 0.3) is 6.08 Å². The fourth-order valence-electron chi connectivity index (χ4n) is 1.23. The first-order valence-corrected chi connectivity index (χ1v) is 5.58. The molecule has 0 unspecified atom stereocenters. The van der Waals surface area contributed by atoms with E-state index in [1.165, 1.54) is 12.1 Å². The number of nitrogens with zero attached hydrogens (tertiary/aromatic N) is 1. The van der Waals surface area contributed by atoms with E-state index in [9.17, 15) is 9.18 Å². The van der Waals surface area contributed by atoms with Crippen LogP contribution in [0.5, 0.6) is 0 Å². The highest BCUT2D eigenvalue weighted by molar-refractivity contribution is 8.26. The zero-order valence-corrected chi connectivity index (χ0v) is 9.65. The summed E-state index contributed by atoms with van der Waals surface area (Å²) in [6.07, 6.45) is 1.56. The van der Waals surface area contributed by atoms with E-state index in [-0.39, 0.29) is 11.7 Å². The first-order valence-electron chi connectivity index (χ1n) is 4.36. The summed E-state index contributed by atoms with van der Waals surface area (Å²) in [6, 6.07) is 5.95. The summed E-state index contributed by atoms with van der Waals surface area (Å²) < 4.78 is 13.2. The van der Waals surface area contributed by atoms with Gasteiger partial charge in [0.25, 0.3) is 5.91 Å². The van der Waals surface area contributed by atoms with Gasteiger partial charge in [-0.25, -0.2) is 15.2 Å². The van der Waals surface area contributed by atoms with Crippen LogP contribution >= 0.6 is 24.0 Å². The van der Waals surface area contributed by atoms with Crippen molar-refractivity contribution in [1.29, 1.82) is 0 Å². The Balaban J connectivity index is 2.33. The summed E-state index contributed by atoms with van der Waals surface area (Å²) in [5, 5.41) is 0.908. The van der Waals surface area contributed by atoms with Crippen molar-refractivity contribution in [1.82, 2.24) is 5.01 Å². The molecule has 2 N–H and O–H groups in total. The first-order chi connectivity index (χ1) is 7.58. The quantitative estimate of drug-likeness (QED) is 0.360. The van der Waals surface area contributed by atoms with E-state index >= 15 is 0 Å². The molecule has 16 heavy (non-hydrogen) atoms. The lowest BCUT2D eigenvalue weighted by molar-refractivity contribution is -0.122. The molecule has 6 heteroatoms. The minimum absolute atomic E-state index is 0.299. The van der Waals surface area contributed by atoms with E-state index in [1.807, 2.05) is 0 Å².